The molecular weight excluding hydrogens is 472 g/mol. The Hall–Kier alpha value is -3.62. The van der Waals surface area contributed by atoms with E-state index in [0.29, 0.717) is 41.0 Å². The molecule has 0 unspecified atom stereocenters. The molecule has 3 heterocycles. The minimum atomic E-state index is -0.0820. The number of oxazole rings is 1. The topological polar surface area (TPSA) is 75.1 Å². The fourth-order valence-electron chi connectivity index (χ4n) is 4.18. The molecule has 0 aliphatic carbocycles. The fourth-order valence-corrected chi connectivity index (χ4v) is 5.20. The molecule has 0 spiro atoms. The summed E-state index contributed by atoms with van der Waals surface area (Å²) < 4.78 is 14.8. The summed E-state index contributed by atoms with van der Waals surface area (Å²) in [6, 6.07) is 18.1. The van der Waals surface area contributed by atoms with Gasteiger partial charge in [-0.2, -0.15) is 0 Å². The van der Waals surface area contributed by atoms with E-state index in [1.165, 1.54) is 17.3 Å². The van der Waals surface area contributed by atoms with Gasteiger partial charge in [-0.15, -0.1) is 0 Å². The van der Waals surface area contributed by atoms with Crippen molar-refractivity contribution in [2.45, 2.75) is 31.3 Å². The summed E-state index contributed by atoms with van der Waals surface area (Å²) >= 11 is 1.48. The number of ether oxygens (including phenoxy) is 1. The van der Waals surface area contributed by atoms with E-state index in [1.54, 1.807) is 11.7 Å². The SMILES string of the molecule is COCCn1c(SCc2nc(-c3ccc(C)cc3)oc2C)nc2c(-c3ccccc3)cn(C)c2c1=O. The van der Waals surface area contributed by atoms with Crippen molar-refractivity contribution < 1.29 is 9.15 Å². The molecule has 0 N–H and O–H groups in total. The molecule has 0 saturated heterocycles. The third kappa shape index (κ3) is 4.62. The van der Waals surface area contributed by atoms with E-state index >= 15 is 0 Å². The van der Waals surface area contributed by atoms with Gasteiger partial charge in [0.2, 0.25) is 5.89 Å². The molecule has 0 atom stereocenters. The number of nitrogens with zero attached hydrogens (tertiary/aromatic N) is 4. The molecule has 5 rings (SSSR count). The summed E-state index contributed by atoms with van der Waals surface area (Å²) in [6.45, 7) is 4.80. The Morgan fingerprint density at radius 2 is 1.75 bits per heavy atom. The number of hydrogen-bond donors (Lipinski definition) is 0. The molecule has 0 aliphatic heterocycles. The Bertz CT molecular complexity index is 1570. The largest absolute Gasteiger partial charge is 0.441 e. The summed E-state index contributed by atoms with van der Waals surface area (Å²) in [5, 5.41) is 0.632. The fraction of sp³-hybridized carbons (Fsp3) is 0.250. The van der Waals surface area contributed by atoms with Gasteiger partial charge in [0.1, 0.15) is 16.8 Å². The van der Waals surface area contributed by atoms with E-state index in [1.807, 2.05) is 79.3 Å². The van der Waals surface area contributed by atoms with E-state index in [2.05, 4.69) is 6.92 Å². The molecule has 0 aliphatic rings. The normalized spacial score (nSPS) is 11.4. The maximum Gasteiger partial charge on any atom is 0.278 e. The second-order valence-corrected chi connectivity index (χ2v) is 9.68. The summed E-state index contributed by atoms with van der Waals surface area (Å²) in [6.07, 6.45) is 1.97. The first-order valence-corrected chi connectivity index (χ1v) is 12.7. The van der Waals surface area contributed by atoms with Crippen LogP contribution in [0.3, 0.4) is 0 Å². The van der Waals surface area contributed by atoms with Gasteiger partial charge in [0.25, 0.3) is 5.56 Å². The second kappa shape index (κ2) is 10.2. The van der Waals surface area contributed by atoms with Crippen molar-refractivity contribution in [1.82, 2.24) is 19.1 Å². The lowest BCUT2D eigenvalue weighted by Crippen LogP contribution is -2.26. The van der Waals surface area contributed by atoms with Gasteiger partial charge in [-0.25, -0.2) is 9.97 Å². The first kappa shape index (κ1) is 24.1. The summed E-state index contributed by atoms with van der Waals surface area (Å²) in [5.74, 6) is 1.88. The maximum atomic E-state index is 13.6. The lowest BCUT2D eigenvalue weighted by molar-refractivity contribution is 0.183. The van der Waals surface area contributed by atoms with Crippen molar-refractivity contribution >= 4 is 22.8 Å². The second-order valence-electron chi connectivity index (χ2n) is 8.74. The standard InChI is InChI=1S/C28H28N4O3S/c1-18-10-12-21(13-11-18)26-29-23(19(2)35-26)17-36-28-30-24-22(20-8-6-5-7-9-20)16-31(3)25(24)27(33)32(28)14-15-34-4/h5-13,16H,14-15,17H2,1-4H3. The molecule has 2 aromatic carbocycles. The number of thioether (sulfide) groups is 1. The van der Waals surface area contributed by atoms with Gasteiger partial charge in [0, 0.05) is 37.2 Å². The van der Waals surface area contributed by atoms with Gasteiger partial charge in [0.15, 0.2) is 5.16 Å². The van der Waals surface area contributed by atoms with E-state index < -0.39 is 0 Å². The van der Waals surface area contributed by atoms with Crippen LogP contribution in [0.4, 0.5) is 0 Å². The summed E-state index contributed by atoms with van der Waals surface area (Å²) in [5.41, 5.74) is 6.11. The number of hydrogen-bond acceptors (Lipinski definition) is 6. The third-order valence-electron chi connectivity index (χ3n) is 6.17. The predicted molar refractivity (Wildman–Crippen MR) is 143 cm³/mol. The first-order valence-electron chi connectivity index (χ1n) is 11.8. The Labute approximate surface area is 213 Å². The average molecular weight is 501 g/mol. The van der Waals surface area contributed by atoms with Crippen molar-refractivity contribution in [3.8, 4) is 22.6 Å². The molecule has 7 nitrogen and oxygen atoms in total. The minimum absolute atomic E-state index is 0.0820. The zero-order chi connectivity index (χ0) is 25.2. The average Bonchev–Trinajstić information content (AvgIpc) is 3.42. The monoisotopic (exact) mass is 500 g/mol. The lowest BCUT2D eigenvalue weighted by Gasteiger charge is -2.12. The molecule has 0 saturated carbocycles. The van der Waals surface area contributed by atoms with Crippen molar-refractivity contribution in [1.29, 1.82) is 0 Å². The number of fused-ring (bicyclic) bond motifs is 1. The van der Waals surface area contributed by atoms with Gasteiger partial charge in [-0.3, -0.25) is 9.36 Å². The quantitative estimate of drug-likeness (QED) is 0.204. The smallest absolute Gasteiger partial charge is 0.278 e. The lowest BCUT2D eigenvalue weighted by atomic mass is 10.1. The van der Waals surface area contributed by atoms with Gasteiger partial charge >= 0.3 is 0 Å². The van der Waals surface area contributed by atoms with Crippen LogP contribution in [0.2, 0.25) is 0 Å². The molecule has 8 heteroatoms. The molecule has 0 bridgehead atoms. The number of benzene rings is 2. The Kier molecular flexibility index (Phi) is 6.80. The first-order chi connectivity index (χ1) is 17.5. The summed E-state index contributed by atoms with van der Waals surface area (Å²) in [7, 11) is 3.52. The highest BCUT2D eigenvalue weighted by Crippen LogP contribution is 2.31. The number of rotatable bonds is 8. The Morgan fingerprint density at radius 1 is 1.00 bits per heavy atom. The number of aryl methyl sites for hydroxylation is 3. The molecule has 184 valence electrons. The van der Waals surface area contributed by atoms with Crippen LogP contribution < -0.4 is 5.56 Å². The van der Waals surface area contributed by atoms with Crippen LogP contribution in [-0.4, -0.2) is 32.8 Å². The summed E-state index contributed by atoms with van der Waals surface area (Å²) in [4.78, 5) is 23.4. The molecule has 5 aromatic rings. The highest BCUT2D eigenvalue weighted by molar-refractivity contribution is 7.98. The van der Waals surface area contributed by atoms with Crippen LogP contribution in [0.5, 0.6) is 0 Å². The molecule has 0 amide bonds. The zero-order valence-corrected chi connectivity index (χ0v) is 21.6. The highest BCUT2D eigenvalue weighted by atomic mass is 32.2. The van der Waals surface area contributed by atoms with Crippen molar-refractivity contribution in [2.75, 3.05) is 13.7 Å². The van der Waals surface area contributed by atoms with Gasteiger partial charge in [-0.1, -0.05) is 59.8 Å². The van der Waals surface area contributed by atoms with E-state index in [-0.39, 0.29) is 5.56 Å². The third-order valence-corrected chi connectivity index (χ3v) is 7.16. The van der Waals surface area contributed by atoms with Gasteiger partial charge < -0.3 is 13.7 Å². The Balaban J connectivity index is 1.53. The molecule has 36 heavy (non-hydrogen) atoms. The molecular formula is C28H28N4O3S. The zero-order valence-electron chi connectivity index (χ0n) is 20.8. The Morgan fingerprint density at radius 3 is 2.47 bits per heavy atom. The minimum Gasteiger partial charge on any atom is -0.441 e. The molecule has 3 aromatic heterocycles. The van der Waals surface area contributed by atoms with Crippen LogP contribution in [0.1, 0.15) is 17.0 Å². The predicted octanol–water partition coefficient (Wildman–Crippen LogP) is 5.61. The van der Waals surface area contributed by atoms with Crippen LogP contribution >= 0.6 is 11.8 Å². The maximum absolute atomic E-state index is 13.6. The van der Waals surface area contributed by atoms with Crippen LogP contribution in [0, 0.1) is 13.8 Å². The van der Waals surface area contributed by atoms with Crippen molar-refractivity contribution in [3.63, 3.8) is 0 Å². The van der Waals surface area contributed by atoms with Gasteiger partial charge in [0.05, 0.1) is 18.8 Å². The van der Waals surface area contributed by atoms with Crippen molar-refractivity contribution in [2.24, 2.45) is 7.05 Å². The van der Waals surface area contributed by atoms with Crippen LogP contribution in [0.15, 0.2) is 75.2 Å². The molecule has 0 fully saturated rings. The number of aromatic nitrogens is 4. The van der Waals surface area contributed by atoms with E-state index in [9.17, 15) is 4.79 Å². The van der Waals surface area contributed by atoms with Crippen LogP contribution in [0.25, 0.3) is 33.6 Å². The molecule has 0 radical (unpaired) electrons. The van der Waals surface area contributed by atoms with E-state index in [0.717, 1.165) is 28.1 Å². The van der Waals surface area contributed by atoms with Crippen molar-refractivity contribution in [3.05, 3.63) is 88.2 Å². The van der Waals surface area contributed by atoms with Gasteiger partial charge in [-0.05, 0) is 31.5 Å². The number of methoxy groups -OCH3 is 1. The highest BCUT2D eigenvalue weighted by Gasteiger charge is 2.20. The van der Waals surface area contributed by atoms with E-state index in [4.69, 9.17) is 19.1 Å². The van der Waals surface area contributed by atoms with Crippen LogP contribution in [-0.2, 0) is 24.1 Å².